The third-order valence-electron chi connectivity index (χ3n) is 9.27. The molecule has 0 spiro atoms. The van der Waals surface area contributed by atoms with Gasteiger partial charge in [0.05, 0.1) is 5.69 Å². The smallest absolute Gasteiger partial charge is 0.161 e. The second-order valence-electron chi connectivity index (χ2n) is 12.8. The van der Waals surface area contributed by atoms with E-state index in [1.165, 1.54) is 89.4 Å². The standard InChI is InChI=1S/C36H50N8S/c1-41-18-22-43(23-19-41)16-3-14-37-27-29-5-9-31(10-6-29)34-33-13-26-45-36(33)40-35(39-34)32-11-7-30(8-12-32)28-38-15-4-17-44-24-20-42(2)21-25-44/h5-13,26,37-38H,3-4,14-25,27-28H2,1-2H3. The zero-order valence-corrected chi connectivity index (χ0v) is 28.0. The van der Waals surface area contributed by atoms with Crippen molar-refractivity contribution in [1.29, 1.82) is 0 Å². The molecule has 2 fully saturated rings. The molecule has 2 N–H and O–H groups in total. The molecular formula is C36H50N8S. The summed E-state index contributed by atoms with van der Waals surface area (Å²) < 4.78 is 0. The number of aromatic nitrogens is 2. The lowest BCUT2D eigenvalue weighted by Gasteiger charge is -2.32. The Morgan fingerprint density at radius 2 is 1.13 bits per heavy atom. The first-order valence-electron chi connectivity index (χ1n) is 16.8. The second-order valence-corrected chi connectivity index (χ2v) is 13.7. The number of nitrogens with zero attached hydrogens (tertiary/aromatic N) is 6. The fourth-order valence-electron chi connectivity index (χ4n) is 6.22. The molecule has 2 saturated heterocycles. The van der Waals surface area contributed by atoms with Crippen molar-refractivity contribution in [3.8, 4) is 22.6 Å². The van der Waals surface area contributed by atoms with Gasteiger partial charge in [-0.3, -0.25) is 0 Å². The molecule has 2 aromatic carbocycles. The van der Waals surface area contributed by atoms with Crippen LogP contribution in [-0.2, 0) is 13.1 Å². The first kappa shape index (κ1) is 32.2. The Kier molecular flexibility index (Phi) is 11.6. The van der Waals surface area contributed by atoms with Crippen molar-refractivity contribution in [3.63, 3.8) is 0 Å². The average molecular weight is 627 g/mol. The molecular weight excluding hydrogens is 577 g/mol. The third kappa shape index (κ3) is 9.16. The van der Waals surface area contributed by atoms with E-state index in [4.69, 9.17) is 9.97 Å². The summed E-state index contributed by atoms with van der Waals surface area (Å²) in [6.07, 6.45) is 2.38. The summed E-state index contributed by atoms with van der Waals surface area (Å²) >= 11 is 1.68. The molecule has 4 heterocycles. The summed E-state index contributed by atoms with van der Waals surface area (Å²) in [7, 11) is 4.43. The fraction of sp³-hybridized carbons (Fsp3) is 0.500. The Balaban J connectivity index is 0.998. The van der Waals surface area contributed by atoms with E-state index in [9.17, 15) is 0 Å². The van der Waals surface area contributed by atoms with Crippen molar-refractivity contribution >= 4 is 21.6 Å². The molecule has 9 heteroatoms. The van der Waals surface area contributed by atoms with Crippen LogP contribution in [0.3, 0.4) is 0 Å². The number of likely N-dealkylation sites (N-methyl/N-ethyl adjacent to an activating group) is 2. The highest BCUT2D eigenvalue weighted by Gasteiger charge is 2.15. The highest BCUT2D eigenvalue weighted by Crippen LogP contribution is 2.32. The zero-order valence-electron chi connectivity index (χ0n) is 27.2. The van der Waals surface area contributed by atoms with Gasteiger partial charge in [-0.25, -0.2) is 9.97 Å². The van der Waals surface area contributed by atoms with Gasteiger partial charge in [-0.1, -0.05) is 48.5 Å². The molecule has 240 valence electrons. The minimum Gasteiger partial charge on any atom is -0.313 e. The van der Waals surface area contributed by atoms with Crippen LogP contribution in [0.2, 0.25) is 0 Å². The summed E-state index contributed by atoms with van der Waals surface area (Å²) in [5, 5.41) is 10.5. The van der Waals surface area contributed by atoms with Crippen molar-refractivity contribution < 1.29 is 0 Å². The van der Waals surface area contributed by atoms with Gasteiger partial charge in [0.25, 0.3) is 0 Å². The molecule has 2 aliphatic heterocycles. The second kappa shape index (κ2) is 16.2. The number of thiophene rings is 1. The molecule has 0 unspecified atom stereocenters. The molecule has 45 heavy (non-hydrogen) atoms. The van der Waals surface area contributed by atoms with Crippen molar-refractivity contribution in [2.24, 2.45) is 0 Å². The van der Waals surface area contributed by atoms with Gasteiger partial charge < -0.3 is 30.2 Å². The molecule has 0 atom stereocenters. The first-order chi connectivity index (χ1) is 22.1. The Labute approximate surface area is 273 Å². The van der Waals surface area contributed by atoms with Crippen LogP contribution in [0.25, 0.3) is 32.9 Å². The summed E-state index contributed by atoms with van der Waals surface area (Å²) in [6, 6.07) is 19.8. The van der Waals surface area contributed by atoms with E-state index in [1.807, 2.05) is 0 Å². The van der Waals surface area contributed by atoms with E-state index < -0.39 is 0 Å². The molecule has 8 nitrogen and oxygen atoms in total. The molecule has 0 bridgehead atoms. The predicted molar refractivity (Wildman–Crippen MR) is 189 cm³/mol. The Bertz CT molecular complexity index is 1450. The topological polar surface area (TPSA) is 62.8 Å². The van der Waals surface area contributed by atoms with Crippen molar-refractivity contribution in [3.05, 3.63) is 71.1 Å². The van der Waals surface area contributed by atoms with Crippen LogP contribution in [-0.4, -0.2) is 122 Å². The number of hydrogen-bond donors (Lipinski definition) is 2. The van der Waals surface area contributed by atoms with E-state index >= 15 is 0 Å². The van der Waals surface area contributed by atoms with E-state index in [2.05, 4.69) is 104 Å². The van der Waals surface area contributed by atoms with Crippen molar-refractivity contribution in [2.45, 2.75) is 25.9 Å². The van der Waals surface area contributed by atoms with Crippen LogP contribution in [0.4, 0.5) is 0 Å². The maximum Gasteiger partial charge on any atom is 0.161 e. The minimum atomic E-state index is 0.790. The van der Waals surface area contributed by atoms with Crippen molar-refractivity contribution in [1.82, 2.24) is 40.2 Å². The van der Waals surface area contributed by atoms with Gasteiger partial charge in [-0.15, -0.1) is 11.3 Å². The van der Waals surface area contributed by atoms with Crippen LogP contribution in [0.1, 0.15) is 24.0 Å². The number of rotatable bonds is 14. The van der Waals surface area contributed by atoms with E-state index in [0.29, 0.717) is 0 Å². The largest absolute Gasteiger partial charge is 0.313 e. The molecule has 0 saturated carbocycles. The van der Waals surface area contributed by atoms with Crippen LogP contribution in [0.5, 0.6) is 0 Å². The molecule has 4 aromatic rings. The Morgan fingerprint density at radius 1 is 0.622 bits per heavy atom. The van der Waals surface area contributed by atoms with Gasteiger partial charge in [-0.2, -0.15) is 0 Å². The summed E-state index contributed by atoms with van der Waals surface area (Å²) in [4.78, 5) is 21.1. The lowest BCUT2D eigenvalue weighted by Crippen LogP contribution is -2.45. The third-order valence-corrected chi connectivity index (χ3v) is 10.1. The molecule has 0 radical (unpaired) electrons. The van der Waals surface area contributed by atoms with Gasteiger partial charge >= 0.3 is 0 Å². The minimum absolute atomic E-state index is 0.790. The first-order valence-corrected chi connectivity index (χ1v) is 17.7. The number of hydrogen-bond acceptors (Lipinski definition) is 9. The lowest BCUT2D eigenvalue weighted by molar-refractivity contribution is 0.153. The number of fused-ring (bicyclic) bond motifs is 1. The number of benzene rings is 2. The maximum absolute atomic E-state index is 5.09. The molecule has 2 aromatic heterocycles. The van der Waals surface area contributed by atoms with Crippen LogP contribution in [0, 0.1) is 0 Å². The van der Waals surface area contributed by atoms with Gasteiger partial charge in [-0.05, 0) is 75.7 Å². The quantitative estimate of drug-likeness (QED) is 0.199. The van der Waals surface area contributed by atoms with Gasteiger partial charge in [0.15, 0.2) is 5.82 Å². The lowest BCUT2D eigenvalue weighted by atomic mass is 10.1. The molecule has 0 amide bonds. The molecule has 0 aliphatic carbocycles. The summed E-state index contributed by atoms with van der Waals surface area (Å²) in [5.74, 6) is 0.790. The van der Waals surface area contributed by atoms with Crippen LogP contribution >= 0.6 is 11.3 Å². The normalized spacial score (nSPS) is 17.4. The van der Waals surface area contributed by atoms with Gasteiger partial charge in [0.2, 0.25) is 0 Å². The summed E-state index contributed by atoms with van der Waals surface area (Å²) in [6.45, 7) is 15.8. The predicted octanol–water partition coefficient (Wildman–Crippen LogP) is 4.48. The van der Waals surface area contributed by atoms with E-state index in [-0.39, 0.29) is 0 Å². The van der Waals surface area contributed by atoms with E-state index in [1.54, 1.807) is 11.3 Å². The van der Waals surface area contributed by atoms with Gasteiger partial charge in [0, 0.05) is 82.0 Å². The van der Waals surface area contributed by atoms with Crippen molar-refractivity contribution in [2.75, 3.05) is 92.6 Å². The Hall–Kier alpha value is -2.76. The average Bonchev–Trinajstić information content (AvgIpc) is 3.55. The van der Waals surface area contributed by atoms with E-state index in [0.717, 1.165) is 59.0 Å². The Morgan fingerprint density at radius 3 is 1.67 bits per heavy atom. The van der Waals surface area contributed by atoms with Gasteiger partial charge in [0.1, 0.15) is 4.83 Å². The maximum atomic E-state index is 5.09. The highest BCUT2D eigenvalue weighted by molar-refractivity contribution is 7.16. The van der Waals surface area contributed by atoms with Crippen LogP contribution < -0.4 is 10.6 Å². The summed E-state index contributed by atoms with van der Waals surface area (Å²) in [5.41, 5.74) is 5.80. The fourth-order valence-corrected chi connectivity index (χ4v) is 6.98. The molecule has 2 aliphatic rings. The zero-order chi connectivity index (χ0) is 30.8. The number of piperazine rings is 2. The van der Waals surface area contributed by atoms with Crippen LogP contribution in [0.15, 0.2) is 60.0 Å². The number of nitrogens with one attached hydrogen (secondary N) is 2. The monoisotopic (exact) mass is 626 g/mol. The highest BCUT2D eigenvalue weighted by atomic mass is 32.1. The molecule has 6 rings (SSSR count). The SMILES string of the molecule is CN1CCN(CCCNCc2ccc(-c3nc(-c4ccc(CNCCCN5CCN(C)CC5)cc4)c4ccsc4n3)cc2)CC1.